The number of aromatic nitrogens is 1. The highest BCUT2D eigenvalue weighted by molar-refractivity contribution is 5.72. The molecule has 0 aliphatic carbocycles. The number of alkyl halides is 2. The summed E-state index contributed by atoms with van der Waals surface area (Å²) in [6.07, 6.45) is -2.88. The number of nitriles is 1. The highest BCUT2D eigenvalue weighted by atomic mass is 19.3. The Morgan fingerprint density at radius 2 is 2.28 bits per heavy atom. The molecule has 0 atom stereocenters. The molecule has 0 aliphatic rings. The minimum Gasteiger partial charge on any atom is -0.466 e. The van der Waals surface area contributed by atoms with Crippen molar-refractivity contribution in [3.8, 4) is 6.07 Å². The van der Waals surface area contributed by atoms with Gasteiger partial charge in [-0.2, -0.15) is 5.26 Å². The van der Waals surface area contributed by atoms with E-state index in [-0.39, 0.29) is 6.61 Å². The van der Waals surface area contributed by atoms with E-state index >= 15 is 0 Å². The van der Waals surface area contributed by atoms with Gasteiger partial charge in [0.1, 0.15) is 6.07 Å². The Hall–Kier alpha value is -2.10. The minimum absolute atomic E-state index is 0.0957. The van der Waals surface area contributed by atoms with Gasteiger partial charge in [0.25, 0.3) is 6.43 Å². The van der Waals surface area contributed by atoms with Gasteiger partial charge in [-0.3, -0.25) is 9.78 Å². The third-order valence-electron chi connectivity index (χ3n) is 2.09. The quantitative estimate of drug-likeness (QED) is 0.776. The molecule has 96 valence electrons. The van der Waals surface area contributed by atoms with Crippen molar-refractivity contribution in [2.45, 2.75) is 19.8 Å². The number of carbonyl (C=O) groups is 1. The standard InChI is InChI=1S/C11H9F3N2O2/c1-2-18-8(17)3-7-10(12)9(11(13)14)6(4-15)5-16-7/h5,11H,2-3H2,1H3. The van der Waals surface area contributed by atoms with Crippen LogP contribution >= 0.6 is 0 Å². The Bertz CT molecular complexity index is 498. The fraction of sp³-hybridized carbons (Fsp3) is 0.364. The van der Waals surface area contributed by atoms with Crippen molar-refractivity contribution < 1.29 is 22.7 Å². The lowest BCUT2D eigenvalue weighted by molar-refractivity contribution is -0.142. The summed E-state index contributed by atoms with van der Waals surface area (Å²) in [5, 5.41) is 8.57. The lowest BCUT2D eigenvalue weighted by atomic mass is 10.1. The Morgan fingerprint density at radius 1 is 1.61 bits per heavy atom. The van der Waals surface area contributed by atoms with E-state index in [0.717, 1.165) is 6.20 Å². The normalized spacial score (nSPS) is 10.2. The van der Waals surface area contributed by atoms with Gasteiger partial charge < -0.3 is 4.74 Å². The van der Waals surface area contributed by atoms with Crippen molar-refractivity contribution in [2.75, 3.05) is 6.61 Å². The van der Waals surface area contributed by atoms with Crippen LogP contribution in [0.4, 0.5) is 13.2 Å². The molecule has 0 radical (unpaired) electrons. The summed E-state index contributed by atoms with van der Waals surface area (Å²) >= 11 is 0. The molecule has 0 bridgehead atoms. The Labute approximate surface area is 101 Å². The van der Waals surface area contributed by atoms with Crippen LogP contribution in [0.15, 0.2) is 6.20 Å². The molecule has 0 aliphatic heterocycles. The highest BCUT2D eigenvalue weighted by Crippen LogP contribution is 2.26. The van der Waals surface area contributed by atoms with Crippen LogP contribution in [-0.2, 0) is 16.0 Å². The van der Waals surface area contributed by atoms with Crippen molar-refractivity contribution >= 4 is 5.97 Å². The van der Waals surface area contributed by atoms with Gasteiger partial charge in [0.15, 0.2) is 5.82 Å². The fourth-order valence-electron chi connectivity index (χ4n) is 1.32. The maximum absolute atomic E-state index is 13.7. The van der Waals surface area contributed by atoms with Gasteiger partial charge in [-0.05, 0) is 6.92 Å². The van der Waals surface area contributed by atoms with Crippen molar-refractivity contribution in [2.24, 2.45) is 0 Å². The van der Waals surface area contributed by atoms with Crippen LogP contribution in [0.2, 0.25) is 0 Å². The van der Waals surface area contributed by atoms with Gasteiger partial charge in [-0.1, -0.05) is 0 Å². The van der Waals surface area contributed by atoms with E-state index in [1.165, 1.54) is 6.07 Å². The van der Waals surface area contributed by atoms with Crippen LogP contribution in [0, 0.1) is 17.1 Å². The molecule has 0 amide bonds. The first-order chi connectivity index (χ1) is 8.51. The molecule has 0 unspecified atom stereocenters. The topological polar surface area (TPSA) is 63.0 Å². The number of ether oxygens (including phenoxy) is 1. The highest BCUT2D eigenvalue weighted by Gasteiger charge is 2.23. The number of pyridine rings is 1. The second-order valence-corrected chi connectivity index (χ2v) is 3.24. The number of halogens is 3. The van der Waals surface area contributed by atoms with Crippen LogP contribution in [-0.4, -0.2) is 17.6 Å². The van der Waals surface area contributed by atoms with Crippen molar-refractivity contribution in [1.29, 1.82) is 5.26 Å². The second-order valence-electron chi connectivity index (χ2n) is 3.24. The summed E-state index contributed by atoms with van der Waals surface area (Å²) in [7, 11) is 0. The number of hydrogen-bond acceptors (Lipinski definition) is 4. The summed E-state index contributed by atoms with van der Waals surface area (Å²) in [6, 6.07) is 1.42. The molecule has 0 aromatic carbocycles. The molecule has 4 nitrogen and oxygen atoms in total. The van der Waals surface area contributed by atoms with E-state index in [1.54, 1.807) is 6.92 Å². The van der Waals surface area contributed by atoms with Crippen molar-refractivity contribution in [3.63, 3.8) is 0 Å². The monoisotopic (exact) mass is 258 g/mol. The van der Waals surface area contributed by atoms with Crippen LogP contribution < -0.4 is 0 Å². The molecule has 0 fully saturated rings. The third-order valence-corrected chi connectivity index (χ3v) is 2.09. The number of carbonyl (C=O) groups excluding carboxylic acids is 1. The van der Waals surface area contributed by atoms with Crippen molar-refractivity contribution in [3.05, 3.63) is 28.8 Å². The van der Waals surface area contributed by atoms with Gasteiger partial charge in [0.2, 0.25) is 0 Å². The van der Waals surface area contributed by atoms with Crippen LogP contribution in [0.5, 0.6) is 0 Å². The second kappa shape index (κ2) is 6.00. The summed E-state index contributed by atoms with van der Waals surface area (Å²) in [4.78, 5) is 14.6. The molecule has 1 aromatic heterocycles. The van der Waals surface area contributed by atoms with E-state index in [2.05, 4.69) is 9.72 Å². The molecular weight excluding hydrogens is 249 g/mol. The lowest BCUT2D eigenvalue weighted by Crippen LogP contribution is -2.12. The minimum atomic E-state index is -3.15. The first kappa shape index (κ1) is 14.0. The summed E-state index contributed by atoms with van der Waals surface area (Å²) in [5.41, 5.74) is -2.04. The smallest absolute Gasteiger partial charge is 0.311 e. The van der Waals surface area contributed by atoms with Crippen LogP contribution in [0.3, 0.4) is 0 Å². The summed E-state index contributed by atoms with van der Waals surface area (Å²) in [5.74, 6) is -2.11. The fourth-order valence-corrected chi connectivity index (χ4v) is 1.32. The molecule has 0 saturated heterocycles. The van der Waals surface area contributed by atoms with Gasteiger partial charge in [0.05, 0.1) is 29.8 Å². The molecule has 1 aromatic rings. The van der Waals surface area contributed by atoms with E-state index in [9.17, 15) is 18.0 Å². The summed E-state index contributed by atoms with van der Waals surface area (Å²) < 4.78 is 43.4. The average molecular weight is 258 g/mol. The Balaban J connectivity index is 3.13. The van der Waals surface area contributed by atoms with E-state index < -0.39 is 41.5 Å². The average Bonchev–Trinajstić information content (AvgIpc) is 2.31. The van der Waals surface area contributed by atoms with E-state index in [0.29, 0.717) is 0 Å². The van der Waals surface area contributed by atoms with Gasteiger partial charge >= 0.3 is 5.97 Å². The SMILES string of the molecule is CCOC(=O)Cc1ncc(C#N)c(C(F)F)c1F. The van der Waals surface area contributed by atoms with Gasteiger partial charge in [-0.15, -0.1) is 0 Å². The molecule has 1 rings (SSSR count). The maximum Gasteiger partial charge on any atom is 0.311 e. The zero-order valence-corrected chi connectivity index (χ0v) is 9.41. The molecule has 1 heterocycles. The molecule has 18 heavy (non-hydrogen) atoms. The zero-order chi connectivity index (χ0) is 13.7. The lowest BCUT2D eigenvalue weighted by Gasteiger charge is -2.08. The number of esters is 1. The number of nitrogens with zero attached hydrogens (tertiary/aromatic N) is 2. The van der Waals surface area contributed by atoms with Crippen LogP contribution in [0.1, 0.15) is 30.2 Å². The molecular formula is C11H9F3N2O2. The largest absolute Gasteiger partial charge is 0.466 e. The first-order valence-corrected chi connectivity index (χ1v) is 5.02. The van der Waals surface area contributed by atoms with E-state index in [1.807, 2.05) is 0 Å². The van der Waals surface area contributed by atoms with Gasteiger partial charge in [0, 0.05) is 6.20 Å². The van der Waals surface area contributed by atoms with Crippen molar-refractivity contribution in [1.82, 2.24) is 4.98 Å². The first-order valence-electron chi connectivity index (χ1n) is 5.02. The van der Waals surface area contributed by atoms with Crippen LogP contribution in [0.25, 0.3) is 0 Å². The zero-order valence-electron chi connectivity index (χ0n) is 9.41. The number of rotatable bonds is 4. The predicted molar refractivity (Wildman–Crippen MR) is 54.2 cm³/mol. The van der Waals surface area contributed by atoms with Gasteiger partial charge in [-0.25, -0.2) is 13.2 Å². The van der Waals surface area contributed by atoms with E-state index in [4.69, 9.17) is 5.26 Å². The summed E-state index contributed by atoms with van der Waals surface area (Å²) in [6.45, 7) is 1.66. The third kappa shape index (κ3) is 2.97. The molecule has 0 spiro atoms. The Kier molecular flexibility index (Phi) is 4.66. The number of hydrogen-bond donors (Lipinski definition) is 0. The molecule has 0 N–H and O–H groups in total. The Morgan fingerprint density at radius 3 is 2.78 bits per heavy atom. The molecule has 0 saturated carbocycles. The maximum atomic E-state index is 13.7. The predicted octanol–water partition coefficient (Wildman–Crippen LogP) is 2.14. The molecule has 7 heteroatoms.